The van der Waals surface area contributed by atoms with Crippen molar-refractivity contribution in [1.82, 2.24) is 5.16 Å². The molecule has 0 bridgehead atoms. The smallest absolute Gasteiger partial charge is 0.337 e. The quantitative estimate of drug-likeness (QED) is 0.581. The van der Waals surface area contributed by atoms with E-state index in [1.807, 2.05) is 0 Å². The third-order valence-corrected chi connectivity index (χ3v) is 5.88. The van der Waals surface area contributed by atoms with E-state index in [2.05, 4.69) is 15.2 Å². The summed E-state index contributed by atoms with van der Waals surface area (Å²) in [5.74, 6) is -0.341. The van der Waals surface area contributed by atoms with Crippen LogP contribution in [-0.2, 0) is 21.0 Å². The minimum absolute atomic E-state index is 0.0584. The van der Waals surface area contributed by atoms with E-state index in [0.717, 1.165) is 18.2 Å². The van der Waals surface area contributed by atoms with Crippen LogP contribution in [0, 0.1) is 13.8 Å². The summed E-state index contributed by atoms with van der Waals surface area (Å²) in [5, 5.41) is 6.29. The molecule has 11 heteroatoms. The van der Waals surface area contributed by atoms with Gasteiger partial charge in [0.25, 0.3) is 10.0 Å². The fourth-order valence-electron chi connectivity index (χ4n) is 2.97. The number of benzene rings is 2. The van der Waals surface area contributed by atoms with Gasteiger partial charge in [0.15, 0.2) is 0 Å². The Balaban J connectivity index is 2.03. The molecule has 0 unspecified atom stereocenters. The maximum absolute atomic E-state index is 13.0. The van der Waals surface area contributed by atoms with Crippen molar-refractivity contribution in [2.75, 3.05) is 10.0 Å². The van der Waals surface area contributed by atoms with Gasteiger partial charge in [-0.1, -0.05) is 23.4 Å². The molecule has 2 aromatic carbocycles. The van der Waals surface area contributed by atoms with Crippen LogP contribution >= 0.6 is 0 Å². The average molecular weight is 453 g/mol. The Morgan fingerprint density at radius 2 is 1.81 bits per heavy atom. The summed E-state index contributed by atoms with van der Waals surface area (Å²) in [6.45, 7) is 4.46. The number of carbonyl (C=O) groups is 1. The Labute approximate surface area is 176 Å². The van der Waals surface area contributed by atoms with Crippen molar-refractivity contribution in [1.29, 1.82) is 0 Å². The maximum Gasteiger partial charge on any atom is 0.416 e. The zero-order valence-corrected chi connectivity index (χ0v) is 17.5. The van der Waals surface area contributed by atoms with Crippen molar-refractivity contribution < 1.29 is 30.9 Å². The van der Waals surface area contributed by atoms with Gasteiger partial charge < -0.3 is 4.52 Å². The molecule has 164 valence electrons. The lowest BCUT2D eigenvalue weighted by atomic mass is 10.0. The summed E-state index contributed by atoms with van der Waals surface area (Å²) in [4.78, 5) is 11.3. The Bertz CT molecular complexity index is 1250. The molecule has 7 nitrogen and oxygen atoms in total. The highest BCUT2D eigenvalue weighted by molar-refractivity contribution is 7.92. The highest BCUT2D eigenvalue weighted by atomic mass is 32.2. The molecule has 3 aromatic rings. The van der Waals surface area contributed by atoms with Crippen LogP contribution in [0.1, 0.15) is 23.7 Å². The first-order valence-electron chi connectivity index (χ1n) is 8.93. The van der Waals surface area contributed by atoms with E-state index in [4.69, 9.17) is 4.52 Å². The van der Waals surface area contributed by atoms with E-state index >= 15 is 0 Å². The lowest BCUT2D eigenvalue weighted by molar-refractivity contribution is -0.137. The van der Waals surface area contributed by atoms with Crippen molar-refractivity contribution in [2.45, 2.75) is 31.8 Å². The lowest BCUT2D eigenvalue weighted by Gasteiger charge is -2.14. The molecule has 31 heavy (non-hydrogen) atoms. The van der Waals surface area contributed by atoms with Crippen LogP contribution in [0.3, 0.4) is 0 Å². The Kier molecular flexibility index (Phi) is 5.81. The van der Waals surface area contributed by atoms with Crippen LogP contribution in [-0.4, -0.2) is 19.5 Å². The third kappa shape index (κ3) is 4.88. The van der Waals surface area contributed by atoms with Crippen molar-refractivity contribution in [3.63, 3.8) is 0 Å². The molecule has 1 aromatic heterocycles. The highest BCUT2D eigenvalue weighted by Gasteiger charge is 2.31. The molecule has 0 radical (unpaired) electrons. The molecule has 0 spiro atoms. The number of sulfonamides is 1. The van der Waals surface area contributed by atoms with E-state index in [1.165, 1.54) is 19.1 Å². The van der Waals surface area contributed by atoms with Crippen molar-refractivity contribution in [3.8, 4) is 11.1 Å². The highest BCUT2D eigenvalue weighted by Crippen LogP contribution is 2.35. The van der Waals surface area contributed by atoms with Crippen LogP contribution in [0.5, 0.6) is 0 Å². The van der Waals surface area contributed by atoms with E-state index in [-0.39, 0.29) is 16.5 Å². The van der Waals surface area contributed by atoms with Gasteiger partial charge in [0.05, 0.1) is 21.7 Å². The minimum atomic E-state index is -4.61. The second-order valence-corrected chi connectivity index (χ2v) is 8.47. The van der Waals surface area contributed by atoms with E-state index < -0.39 is 27.7 Å². The Hall–Kier alpha value is -3.34. The monoisotopic (exact) mass is 453 g/mol. The number of rotatable bonds is 5. The van der Waals surface area contributed by atoms with Gasteiger partial charge in [-0.3, -0.25) is 14.8 Å². The number of hydrogen-bond acceptors (Lipinski definition) is 5. The number of carbonyl (C=O) groups excluding carboxylic acids is 1. The minimum Gasteiger partial charge on any atom is -0.337 e. The lowest BCUT2D eigenvalue weighted by Crippen LogP contribution is -2.15. The third-order valence-electron chi connectivity index (χ3n) is 4.36. The molecule has 0 aliphatic carbocycles. The normalized spacial score (nSPS) is 11.9. The molecule has 2 N–H and O–H groups in total. The van der Waals surface area contributed by atoms with E-state index in [9.17, 15) is 26.4 Å². The maximum atomic E-state index is 13.0. The van der Waals surface area contributed by atoms with Gasteiger partial charge in [-0.2, -0.15) is 13.2 Å². The van der Waals surface area contributed by atoms with Gasteiger partial charge in [-0.25, -0.2) is 8.42 Å². The van der Waals surface area contributed by atoms with Crippen LogP contribution in [0.2, 0.25) is 0 Å². The Morgan fingerprint density at radius 1 is 1.10 bits per heavy atom. The molecule has 0 atom stereocenters. The number of aromatic nitrogens is 1. The fourth-order valence-corrected chi connectivity index (χ4v) is 4.29. The first-order chi connectivity index (χ1) is 14.4. The molecule has 0 aliphatic heterocycles. The summed E-state index contributed by atoms with van der Waals surface area (Å²) in [6, 6.07) is 8.42. The van der Waals surface area contributed by atoms with Gasteiger partial charge >= 0.3 is 6.18 Å². The zero-order chi connectivity index (χ0) is 23.0. The van der Waals surface area contributed by atoms with Crippen LogP contribution in [0.15, 0.2) is 51.9 Å². The summed E-state index contributed by atoms with van der Waals surface area (Å²) < 4.78 is 72.0. The second kappa shape index (κ2) is 8.06. The summed E-state index contributed by atoms with van der Waals surface area (Å²) in [6.07, 6.45) is -4.61. The number of amides is 1. The van der Waals surface area contributed by atoms with Gasteiger partial charge in [0.2, 0.25) is 11.8 Å². The van der Waals surface area contributed by atoms with Crippen molar-refractivity contribution >= 4 is 27.5 Å². The predicted octanol–water partition coefficient (Wildman–Crippen LogP) is 4.74. The number of anilines is 2. The molecular weight excluding hydrogens is 435 g/mol. The van der Waals surface area contributed by atoms with Crippen LogP contribution in [0.25, 0.3) is 11.1 Å². The molecule has 0 saturated carbocycles. The number of aryl methyl sites for hydroxylation is 2. The van der Waals surface area contributed by atoms with Crippen LogP contribution in [0.4, 0.5) is 24.7 Å². The zero-order valence-electron chi connectivity index (χ0n) is 16.7. The molecular formula is C20H18F3N3O4S. The molecule has 3 rings (SSSR count). The number of halogens is 3. The Morgan fingerprint density at radius 3 is 2.45 bits per heavy atom. The number of nitrogens with one attached hydrogen (secondary N) is 2. The predicted molar refractivity (Wildman–Crippen MR) is 108 cm³/mol. The number of hydrogen-bond donors (Lipinski definition) is 2. The fraction of sp³-hybridized carbons (Fsp3) is 0.200. The summed E-state index contributed by atoms with van der Waals surface area (Å²) in [5.41, 5.74) is 0.390. The topological polar surface area (TPSA) is 101 Å². The number of nitrogens with zero attached hydrogens (tertiary/aromatic N) is 1. The van der Waals surface area contributed by atoms with Crippen molar-refractivity contribution in [2.24, 2.45) is 0 Å². The van der Waals surface area contributed by atoms with Gasteiger partial charge in [-0.05, 0) is 49.2 Å². The number of alkyl halides is 3. The van der Waals surface area contributed by atoms with E-state index in [1.54, 1.807) is 26.0 Å². The SMILES string of the molecule is CC(=O)Nc1onc(C)c1-c1ccc(C)c(S(=O)(=O)Nc2cccc(C(F)(F)F)c2)c1. The van der Waals surface area contributed by atoms with Gasteiger partial charge in [-0.15, -0.1) is 0 Å². The molecule has 0 aliphatic rings. The standard InChI is InChI=1S/C20H18F3N3O4S/c1-11-7-8-14(18-12(2)25-30-19(18)24-13(3)27)9-17(11)31(28,29)26-16-6-4-5-15(10-16)20(21,22)23/h4-10,26H,1-3H3,(H,24,27). The molecule has 0 fully saturated rings. The second-order valence-electron chi connectivity index (χ2n) is 6.82. The first kappa shape index (κ1) is 22.3. The largest absolute Gasteiger partial charge is 0.416 e. The van der Waals surface area contributed by atoms with E-state index in [0.29, 0.717) is 22.4 Å². The average Bonchev–Trinajstić information content (AvgIpc) is 3.01. The molecule has 1 amide bonds. The van der Waals surface area contributed by atoms with Crippen molar-refractivity contribution in [3.05, 3.63) is 59.3 Å². The molecule has 0 saturated heterocycles. The molecule has 1 heterocycles. The first-order valence-corrected chi connectivity index (χ1v) is 10.4. The van der Waals surface area contributed by atoms with Gasteiger partial charge in [0, 0.05) is 12.6 Å². The van der Waals surface area contributed by atoms with Crippen LogP contribution < -0.4 is 10.0 Å². The summed E-state index contributed by atoms with van der Waals surface area (Å²) in [7, 11) is -4.22. The van der Waals surface area contributed by atoms with Gasteiger partial charge in [0.1, 0.15) is 0 Å². The summed E-state index contributed by atoms with van der Waals surface area (Å²) >= 11 is 0.